The van der Waals surface area contributed by atoms with Crippen LogP contribution in [0, 0.1) is 0 Å². The first-order valence-electron chi connectivity index (χ1n) is 7.19. The molecule has 2 heteroatoms. The van der Waals surface area contributed by atoms with Crippen molar-refractivity contribution in [3.8, 4) is 5.75 Å². The molecule has 0 aliphatic carbocycles. The van der Waals surface area contributed by atoms with Crippen LogP contribution < -0.4 is 10.1 Å². The molecule has 2 rings (SSSR count). The number of benzene rings is 2. The zero-order valence-electron chi connectivity index (χ0n) is 12.5. The van der Waals surface area contributed by atoms with Gasteiger partial charge < -0.3 is 10.1 Å². The van der Waals surface area contributed by atoms with Crippen LogP contribution in [-0.2, 0) is 6.54 Å². The SMILES string of the molecule is CC(C)Oc1cccc(CN[C@H](C)c2ccccc2)c1. The molecule has 0 saturated heterocycles. The van der Waals surface area contributed by atoms with Crippen LogP contribution in [0.5, 0.6) is 5.75 Å². The molecule has 0 aliphatic heterocycles. The van der Waals surface area contributed by atoms with E-state index in [1.54, 1.807) is 0 Å². The van der Waals surface area contributed by atoms with Crippen LogP contribution in [0.15, 0.2) is 54.6 Å². The number of ether oxygens (including phenoxy) is 1. The third-order valence-electron chi connectivity index (χ3n) is 3.18. The maximum atomic E-state index is 5.72. The van der Waals surface area contributed by atoms with E-state index in [1.807, 2.05) is 32.0 Å². The zero-order valence-corrected chi connectivity index (χ0v) is 12.5. The molecule has 2 aromatic rings. The Bertz CT molecular complexity index is 522. The van der Waals surface area contributed by atoms with Gasteiger partial charge in [-0.2, -0.15) is 0 Å². The minimum absolute atomic E-state index is 0.210. The number of hydrogen-bond donors (Lipinski definition) is 1. The maximum Gasteiger partial charge on any atom is 0.120 e. The Morgan fingerprint density at radius 3 is 2.40 bits per heavy atom. The molecule has 1 atom stereocenters. The smallest absolute Gasteiger partial charge is 0.120 e. The Morgan fingerprint density at radius 2 is 1.70 bits per heavy atom. The molecule has 0 radical (unpaired) electrons. The van der Waals surface area contributed by atoms with Crippen molar-refractivity contribution in [3.05, 3.63) is 65.7 Å². The Morgan fingerprint density at radius 1 is 0.950 bits per heavy atom. The van der Waals surface area contributed by atoms with Gasteiger partial charge in [0.1, 0.15) is 5.75 Å². The van der Waals surface area contributed by atoms with E-state index in [9.17, 15) is 0 Å². The molecule has 0 aromatic heterocycles. The van der Waals surface area contributed by atoms with Gasteiger partial charge in [0.25, 0.3) is 0 Å². The second-order valence-electron chi connectivity index (χ2n) is 5.33. The molecule has 20 heavy (non-hydrogen) atoms. The van der Waals surface area contributed by atoms with Gasteiger partial charge in [0.2, 0.25) is 0 Å². The van der Waals surface area contributed by atoms with E-state index >= 15 is 0 Å². The first-order valence-corrected chi connectivity index (χ1v) is 7.19. The van der Waals surface area contributed by atoms with E-state index in [0.717, 1.165) is 12.3 Å². The number of nitrogens with one attached hydrogen (secondary N) is 1. The van der Waals surface area contributed by atoms with Gasteiger partial charge in [-0.1, -0.05) is 42.5 Å². The van der Waals surface area contributed by atoms with E-state index in [1.165, 1.54) is 11.1 Å². The van der Waals surface area contributed by atoms with Gasteiger partial charge in [-0.25, -0.2) is 0 Å². The Labute approximate surface area is 121 Å². The molecule has 0 heterocycles. The predicted octanol–water partition coefficient (Wildman–Crippen LogP) is 4.32. The van der Waals surface area contributed by atoms with Gasteiger partial charge >= 0.3 is 0 Å². The van der Waals surface area contributed by atoms with Crippen LogP contribution in [0.4, 0.5) is 0 Å². The summed E-state index contributed by atoms with van der Waals surface area (Å²) in [4.78, 5) is 0. The summed E-state index contributed by atoms with van der Waals surface area (Å²) in [5.74, 6) is 0.937. The lowest BCUT2D eigenvalue weighted by molar-refractivity contribution is 0.242. The van der Waals surface area contributed by atoms with E-state index in [2.05, 4.69) is 48.6 Å². The highest BCUT2D eigenvalue weighted by atomic mass is 16.5. The molecular weight excluding hydrogens is 246 g/mol. The van der Waals surface area contributed by atoms with Gasteiger partial charge in [0.15, 0.2) is 0 Å². The van der Waals surface area contributed by atoms with Crippen LogP contribution in [0.1, 0.15) is 37.9 Å². The Hall–Kier alpha value is -1.80. The van der Waals surface area contributed by atoms with Crippen LogP contribution in [-0.4, -0.2) is 6.10 Å². The predicted molar refractivity (Wildman–Crippen MR) is 83.9 cm³/mol. The van der Waals surface area contributed by atoms with Crippen molar-refractivity contribution in [2.24, 2.45) is 0 Å². The van der Waals surface area contributed by atoms with E-state index in [-0.39, 0.29) is 6.10 Å². The van der Waals surface area contributed by atoms with E-state index < -0.39 is 0 Å². The van der Waals surface area contributed by atoms with E-state index in [0.29, 0.717) is 6.04 Å². The molecule has 0 bridgehead atoms. The van der Waals surface area contributed by atoms with Gasteiger partial charge in [-0.3, -0.25) is 0 Å². The molecule has 2 aromatic carbocycles. The normalized spacial score (nSPS) is 12.4. The summed E-state index contributed by atoms with van der Waals surface area (Å²) in [6.45, 7) is 7.11. The second kappa shape index (κ2) is 7.11. The van der Waals surface area contributed by atoms with Gasteiger partial charge in [-0.05, 0) is 44.0 Å². The maximum absolute atomic E-state index is 5.72. The third kappa shape index (κ3) is 4.39. The Balaban J connectivity index is 1.94. The lowest BCUT2D eigenvalue weighted by Crippen LogP contribution is -2.18. The number of rotatable bonds is 6. The standard InChI is InChI=1S/C18H23NO/c1-14(2)20-18-11-7-8-16(12-18)13-19-15(3)17-9-5-4-6-10-17/h4-12,14-15,19H,13H2,1-3H3/t15-/m1/s1. The van der Waals surface area contributed by atoms with Crippen molar-refractivity contribution in [3.63, 3.8) is 0 Å². The van der Waals surface area contributed by atoms with Gasteiger partial charge in [0.05, 0.1) is 6.10 Å². The average Bonchev–Trinajstić information content (AvgIpc) is 2.45. The quantitative estimate of drug-likeness (QED) is 0.843. The van der Waals surface area contributed by atoms with Crippen molar-refractivity contribution in [1.29, 1.82) is 0 Å². The van der Waals surface area contributed by atoms with E-state index in [4.69, 9.17) is 4.74 Å². The molecule has 2 nitrogen and oxygen atoms in total. The summed E-state index contributed by atoms with van der Waals surface area (Å²) >= 11 is 0. The molecule has 0 aliphatic rings. The summed E-state index contributed by atoms with van der Waals surface area (Å²) in [5.41, 5.74) is 2.55. The summed E-state index contributed by atoms with van der Waals surface area (Å²) in [7, 11) is 0. The lowest BCUT2D eigenvalue weighted by Gasteiger charge is -2.15. The fourth-order valence-corrected chi connectivity index (χ4v) is 2.13. The molecule has 0 amide bonds. The molecule has 0 spiro atoms. The monoisotopic (exact) mass is 269 g/mol. The first kappa shape index (κ1) is 14.6. The van der Waals surface area contributed by atoms with Crippen molar-refractivity contribution >= 4 is 0 Å². The van der Waals surface area contributed by atoms with Gasteiger partial charge in [-0.15, -0.1) is 0 Å². The topological polar surface area (TPSA) is 21.3 Å². The summed E-state index contributed by atoms with van der Waals surface area (Å²) in [6.07, 6.45) is 0.210. The second-order valence-corrected chi connectivity index (χ2v) is 5.33. The molecule has 0 saturated carbocycles. The minimum Gasteiger partial charge on any atom is -0.491 e. The summed E-state index contributed by atoms with van der Waals surface area (Å²) in [6, 6.07) is 19.1. The van der Waals surface area contributed by atoms with Crippen LogP contribution in [0.25, 0.3) is 0 Å². The first-order chi connectivity index (χ1) is 9.65. The van der Waals surface area contributed by atoms with Crippen molar-refractivity contribution in [2.75, 3.05) is 0 Å². The minimum atomic E-state index is 0.210. The summed E-state index contributed by atoms with van der Waals surface area (Å²) in [5, 5.41) is 3.54. The molecular formula is C18H23NO. The highest BCUT2D eigenvalue weighted by Gasteiger charge is 2.05. The lowest BCUT2D eigenvalue weighted by atomic mass is 10.1. The molecule has 106 valence electrons. The highest BCUT2D eigenvalue weighted by molar-refractivity contribution is 5.29. The summed E-state index contributed by atoms with van der Waals surface area (Å²) < 4.78 is 5.72. The largest absolute Gasteiger partial charge is 0.491 e. The van der Waals surface area contributed by atoms with Crippen LogP contribution in [0.3, 0.4) is 0 Å². The highest BCUT2D eigenvalue weighted by Crippen LogP contribution is 2.16. The molecule has 0 unspecified atom stereocenters. The molecule has 0 fully saturated rings. The van der Waals surface area contributed by atoms with Crippen molar-refractivity contribution in [2.45, 2.75) is 39.5 Å². The number of hydrogen-bond acceptors (Lipinski definition) is 2. The van der Waals surface area contributed by atoms with Crippen LogP contribution >= 0.6 is 0 Å². The molecule has 1 N–H and O–H groups in total. The fourth-order valence-electron chi connectivity index (χ4n) is 2.13. The van der Waals surface area contributed by atoms with Crippen molar-refractivity contribution in [1.82, 2.24) is 5.32 Å². The fraction of sp³-hybridized carbons (Fsp3) is 0.333. The Kier molecular flexibility index (Phi) is 5.19. The van der Waals surface area contributed by atoms with Crippen molar-refractivity contribution < 1.29 is 4.74 Å². The average molecular weight is 269 g/mol. The zero-order chi connectivity index (χ0) is 14.4. The third-order valence-corrected chi connectivity index (χ3v) is 3.18. The van der Waals surface area contributed by atoms with Crippen LogP contribution in [0.2, 0.25) is 0 Å². The van der Waals surface area contributed by atoms with Gasteiger partial charge in [0, 0.05) is 12.6 Å².